The zero-order chi connectivity index (χ0) is 13.9. The smallest absolute Gasteiger partial charge is 0.248 e. The molecule has 0 saturated carbocycles. The maximum Gasteiger partial charge on any atom is 0.248 e. The molecule has 98 valence electrons. The minimum atomic E-state index is -0.486. The van der Waals surface area contributed by atoms with Gasteiger partial charge in [0.15, 0.2) is 0 Å². The van der Waals surface area contributed by atoms with E-state index in [9.17, 15) is 9.59 Å². The molecule has 2 atom stereocenters. The molecule has 0 spiro atoms. The predicted octanol–water partition coefficient (Wildman–Crippen LogP) is 1.02. The average Bonchev–Trinajstić information content (AvgIpc) is 2.30. The van der Waals surface area contributed by atoms with Crippen LogP contribution in [0.15, 0.2) is 18.2 Å². The van der Waals surface area contributed by atoms with Gasteiger partial charge in [-0.1, -0.05) is 6.92 Å². The molecule has 2 unspecified atom stereocenters. The molecule has 5 nitrogen and oxygen atoms in total. The van der Waals surface area contributed by atoms with Crippen molar-refractivity contribution in [3.8, 4) is 0 Å². The molecule has 0 aromatic heterocycles. The van der Waals surface area contributed by atoms with Crippen molar-refractivity contribution in [1.82, 2.24) is 0 Å². The number of amides is 2. The molecule has 0 saturated heterocycles. The SMILES string of the molecule is Cc1cc(C(N)=O)ccc1NC(=O)C(C)C(C)N. The van der Waals surface area contributed by atoms with E-state index < -0.39 is 5.91 Å². The molecule has 1 aromatic carbocycles. The number of hydrogen-bond acceptors (Lipinski definition) is 3. The molecular weight excluding hydrogens is 230 g/mol. The van der Waals surface area contributed by atoms with Gasteiger partial charge in [-0.05, 0) is 37.6 Å². The Morgan fingerprint density at radius 2 is 1.89 bits per heavy atom. The standard InChI is InChI=1S/C13H19N3O2/c1-7-6-10(12(15)17)4-5-11(7)16-13(18)8(2)9(3)14/h4-6,8-9H,14H2,1-3H3,(H2,15,17)(H,16,18). The van der Waals surface area contributed by atoms with Crippen molar-refractivity contribution < 1.29 is 9.59 Å². The summed E-state index contributed by atoms with van der Waals surface area (Å²) in [5.74, 6) is -0.903. The average molecular weight is 249 g/mol. The number of carbonyl (C=O) groups excluding carboxylic acids is 2. The number of primary amides is 1. The summed E-state index contributed by atoms with van der Waals surface area (Å²) in [4.78, 5) is 22.8. The van der Waals surface area contributed by atoms with Crippen LogP contribution in [0.4, 0.5) is 5.69 Å². The molecule has 2 amide bonds. The van der Waals surface area contributed by atoms with Gasteiger partial charge in [-0.2, -0.15) is 0 Å². The second-order valence-corrected chi connectivity index (χ2v) is 4.53. The van der Waals surface area contributed by atoms with Gasteiger partial charge in [-0.15, -0.1) is 0 Å². The van der Waals surface area contributed by atoms with Crippen LogP contribution >= 0.6 is 0 Å². The molecule has 0 bridgehead atoms. The van der Waals surface area contributed by atoms with Crippen LogP contribution in [0.2, 0.25) is 0 Å². The topological polar surface area (TPSA) is 98.2 Å². The molecule has 1 rings (SSSR count). The summed E-state index contributed by atoms with van der Waals surface area (Å²) in [6.45, 7) is 5.36. The van der Waals surface area contributed by atoms with E-state index in [4.69, 9.17) is 11.5 Å². The van der Waals surface area contributed by atoms with E-state index in [-0.39, 0.29) is 17.9 Å². The van der Waals surface area contributed by atoms with Gasteiger partial charge in [-0.3, -0.25) is 9.59 Å². The monoisotopic (exact) mass is 249 g/mol. The minimum Gasteiger partial charge on any atom is -0.366 e. The Bertz CT molecular complexity index is 469. The molecular formula is C13H19N3O2. The number of anilines is 1. The second kappa shape index (κ2) is 5.64. The predicted molar refractivity (Wildman–Crippen MR) is 71.1 cm³/mol. The summed E-state index contributed by atoms with van der Waals surface area (Å²) in [6.07, 6.45) is 0. The summed E-state index contributed by atoms with van der Waals surface area (Å²) in [5.41, 5.74) is 12.7. The fraction of sp³-hybridized carbons (Fsp3) is 0.385. The molecule has 0 fully saturated rings. The second-order valence-electron chi connectivity index (χ2n) is 4.53. The summed E-state index contributed by atoms with van der Waals surface area (Å²) >= 11 is 0. The molecule has 5 N–H and O–H groups in total. The normalized spacial score (nSPS) is 13.8. The van der Waals surface area contributed by atoms with Crippen molar-refractivity contribution >= 4 is 17.5 Å². The van der Waals surface area contributed by atoms with E-state index in [0.29, 0.717) is 11.3 Å². The van der Waals surface area contributed by atoms with Crippen molar-refractivity contribution in [1.29, 1.82) is 0 Å². The van der Waals surface area contributed by atoms with E-state index in [1.807, 2.05) is 0 Å². The molecule has 0 aliphatic heterocycles. The van der Waals surface area contributed by atoms with Crippen molar-refractivity contribution in [2.24, 2.45) is 17.4 Å². The van der Waals surface area contributed by atoms with Crippen molar-refractivity contribution in [2.75, 3.05) is 5.32 Å². The van der Waals surface area contributed by atoms with Crippen LogP contribution in [-0.4, -0.2) is 17.9 Å². The van der Waals surface area contributed by atoms with Gasteiger partial charge in [0.1, 0.15) is 0 Å². The summed E-state index contributed by atoms with van der Waals surface area (Å²) < 4.78 is 0. The first-order valence-corrected chi connectivity index (χ1v) is 5.79. The number of benzene rings is 1. The lowest BCUT2D eigenvalue weighted by atomic mass is 10.0. The van der Waals surface area contributed by atoms with E-state index in [1.165, 1.54) is 0 Å². The lowest BCUT2D eigenvalue weighted by Crippen LogP contribution is -2.34. The summed E-state index contributed by atoms with van der Waals surface area (Å²) in [7, 11) is 0. The molecule has 0 radical (unpaired) electrons. The Morgan fingerprint density at radius 3 is 2.33 bits per heavy atom. The van der Waals surface area contributed by atoms with Gasteiger partial charge in [0.05, 0.1) is 5.92 Å². The zero-order valence-electron chi connectivity index (χ0n) is 10.9. The van der Waals surface area contributed by atoms with E-state index in [0.717, 1.165) is 5.56 Å². The van der Waals surface area contributed by atoms with Gasteiger partial charge in [0.2, 0.25) is 11.8 Å². The zero-order valence-corrected chi connectivity index (χ0v) is 10.9. The van der Waals surface area contributed by atoms with Gasteiger partial charge >= 0.3 is 0 Å². The Balaban J connectivity index is 2.86. The maximum absolute atomic E-state index is 11.8. The third-order valence-corrected chi connectivity index (χ3v) is 2.97. The first-order valence-electron chi connectivity index (χ1n) is 5.79. The molecule has 1 aromatic rings. The fourth-order valence-corrected chi connectivity index (χ4v) is 1.44. The van der Waals surface area contributed by atoms with Crippen LogP contribution in [0.25, 0.3) is 0 Å². The van der Waals surface area contributed by atoms with Crippen molar-refractivity contribution in [3.63, 3.8) is 0 Å². The van der Waals surface area contributed by atoms with Gasteiger partial charge in [-0.25, -0.2) is 0 Å². The van der Waals surface area contributed by atoms with Gasteiger partial charge in [0.25, 0.3) is 0 Å². The first kappa shape index (κ1) is 14.2. The van der Waals surface area contributed by atoms with E-state index >= 15 is 0 Å². The molecule has 5 heteroatoms. The first-order chi connectivity index (χ1) is 8.32. The van der Waals surface area contributed by atoms with Crippen LogP contribution in [0, 0.1) is 12.8 Å². The van der Waals surface area contributed by atoms with Crippen molar-refractivity contribution in [3.05, 3.63) is 29.3 Å². The highest BCUT2D eigenvalue weighted by Crippen LogP contribution is 2.17. The molecule has 18 heavy (non-hydrogen) atoms. The van der Waals surface area contributed by atoms with Gasteiger partial charge in [0, 0.05) is 17.3 Å². The number of carbonyl (C=O) groups is 2. The maximum atomic E-state index is 11.8. The number of nitrogens with one attached hydrogen (secondary N) is 1. The van der Waals surface area contributed by atoms with E-state index in [1.54, 1.807) is 39.0 Å². The Kier molecular flexibility index (Phi) is 4.44. The quantitative estimate of drug-likeness (QED) is 0.742. The molecule has 0 heterocycles. The van der Waals surface area contributed by atoms with Crippen LogP contribution in [0.1, 0.15) is 29.8 Å². The van der Waals surface area contributed by atoms with Crippen LogP contribution in [0.3, 0.4) is 0 Å². The molecule has 0 aliphatic rings. The lowest BCUT2D eigenvalue weighted by Gasteiger charge is -2.16. The summed E-state index contributed by atoms with van der Waals surface area (Å²) in [5, 5.41) is 2.79. The number of rotatable bonds is 4. The Hall–Kier alpha value is -1.88. The number of hydrogen-bond donors (Lipinski definition) is 3. The largest absolute Gasteiger partial charge is 0.366 e. The Labute approximate surface area is 107 Å². The lowest BCUT2D eigenvalue weighted by molar-refractivity contribution is -0.119. The third-order valence-electron chi connectivity index (χ3n) is 2.97. The number of aryl methyl sites for hydroxylation is 1. The highest BCUT2D eigenvalue weighted by molar-refractivity contribution is 5.96. The van der Waals surface area contributed by atoms with Crippen LogP contribution in [-0.2, 0) is 4.79 Å². The van der Waals surface area contributed by atoms with Crippen LogP contribution < -0.4 is 16.8 Å². The van der Waals surface area contributed by atoms with Gasteiger partial charge < -0.3 is 16.8 Å². The Morgan fingerprint density at radius 1 is 1.28 bits per heavy atom. The number of nitrogens with two attached hydrogens (primary N) is 2. The fourth-order valence-electron chi connectivity index (χ4n) is 1.44. The molecule has 0 aliphatic carbocycles. The third kappa shape index (κ3) is 3.30. The highest BCUT2D eigenvalue weighted by Gasteiger charge is 2.17. The van der Waals surface area contributed by atoms with Crippen LogP contribution in [0.5, 0.6) is 0 Å². The van der Waals surface area contributed by atoms with Crippen molar-refractivity contribution in [2.45, 2.75) is 26.8 Å². The minimum absolute atomic E-state index is 0.139. The highest BCUT2D eigenvalue weighted by atomic mass is 16.2. The van der Waals surface area contributed by atoms with E-state index in [2.05, 4.69) is 5.32 Å². The summed E-state index contributed by atoms with van der Waals surface area (Å²) in [6, 6.07) is 4.69.